The SMILES string of the molecule is CC[C@@H](N)C(=O)Nc1ccccc1C(=O)OC. The molecule has 5 heteroatoms. The first-order valence-electron chi connectivity index (χ1n) is 5.34. The van der Waals surface area contributed by atoms with E-state index in [0.29, 0.717) is 17.7 Å². The van der Waals surface area contributed by atoms with Crippen molar-refractivity contribution < 1.29 is 14.3 Å². The average Bonchev–Trinajstić information content (AvgIpc) is 2.37. The second-order valence-corrected chi connectivity index (χ2v) is 3.54. The molecule has 1 aromatic rings. The minimum absolute atomic E-state index is 0.312. The quantitative estimate of drug-likeness (QED) is 0.768. The average molecular weight is 236 g/mol. The number of esters is 1. The van der Waals surface area contributed by atoms with Crippen LogP contribution in [0.1, 0.15) is 23.7 Å². The molecule has 0 heterocycles. The van der Waals surface area contributed by atoms with Gasteiger partial charge < -0.3 is 15.8 Å². The van der Waals surface area contributed by atoms with Crippen molar-refractivity contribution in [2.45, 2.75) is 19.4 Å². The molecule has 1 amide bonds. The van der Waals surface area contributed by atoms with Gasteiger partial charge in [0.05, 0.1) is 24.4 Å². The molecule has 92 valence electrons. The summed E-state index contributed by atoms with van der Waals surface area (Å²) in [5.74, 6) is -0.810. The van der Waals surface area contributed by atoms with Crippen molar-refractivity contribution >= 4 is 17.6 Å². The number of benzene rings is 1. The summed E-state index contributed by atoms with van der Waals surface area (Å²) in [6, 6.07) is 6.05. The van der Waals surface area contributed by atoms with E-state index in [1.54, 1.807) is 24.3 Å². The molecule has 0 fully saturated rings. The third-order valence-electron chi connectivity index (χ3n) is 2.37. The Hall–Kier alpha value is -1.88. The zero-order chi connectivity index (χ0) is 12.8. The maximum Gasteiger partial charge on any atom is 0.339 e. The van der Waals surface area contributed by atoms with Gasteiger partial charge in [-0.3, -0.25) is 4.79 Å². The number of anilines is 1. The van der Waals surface area contributed by atoms with E-state index in [-0.39, 0.29) is 5.91 Å². The number of nitrogens with two attached hydrogens (primary N) is 1. The molecule has 0 aromatic heterocycles. The highest BCUT2D eigenvalue weighted by Crippen LogP contribution is 2.16. The molecule has 0 saturated carbocycles. The summed E-state index contributed by atoms with van der Waals surface area (Å²) >= 11 is 0. The summed E-state index contributed by atoms with van der Waals surface area (Å²) in [6.07, 6.45) is 0.534. The van der Waals surface area contributed by atoms with Crippen molar-refractivity contribution in [3.05, 3.63) is 29.8 Å². The van der Waals surface area contributed by atoms with Gasteiger partial charge in [0.15, 0.2) is 0 Å². The minimum Gasteiger partial charge on any atom is -0.465 e. The summed E-state index contributed by atoms with van der Waals surface area (Å²) in [5.41, 5.74) is 6.32. The van der Waals surface area contributed by atoms with E-state index >= 15 is 0 Å². The number of rotatable bonds is 4. The molecule has 1 aromatic carbocycles. The first kappa shape index (κ1) is 13.2. The number of para-hydroxylation sites is 1. The molecule has 17 heavy (non-hydrogen) atoms. The molecule has 1 rings (SSSR count). The predicted octanol–water partition coefficient (Wildman–Crippen LogP) is 1.15. The second-order valence-electron chi connectivity index (χ2n) is 3.54. The second kappa shape index (κ2) is 6.00. The standard InChI is InChI=1S/C12H16N2O3/c1-3-9(13)11(15)14-10-7-5-4-6-8(10)12(16)17-2/h4-7,9H,3,13H2,1-2H3,(H,14,15)/t9-/m1/s1. The van der Waals surface area contributed by atoms with Gasteiger partial charge >= 0.3 is 5.97 Å². The molecule has 0 saturated heterocycles. The fourth-order valence-corrected chi connectivity index (χ4v) is 1.29. The Balaban J connectivity index is 2.91. The Morgan fingerprint density at radius 3 is 2.65 bits per heavy atom. The van der Waals surface area contributed by atoms with Gasteiger partial charge in [0.25, 0.3) is 0 Å². The number of hydrogen-bond acceptors (Lipinski definition) is 4. The molecule has 0 radical (unpaired) electrons. The smallest absolute Gasteiger partial charge is 0.339 e. The molecule has 3 N–H and O–H groups in total. The van der Waals surface area contributed by atoms with Gasteiger partial charge in [0.1, 0.15) is 0 Å². The van der Waals surface area contributed by atoms with Crippen LogP contribution in [0.3, 0.4) is 0 Å². The van der Waals surface area contributed by atoms with E-state index in [9.17, 15) is 9.59 Å². The molecule has 5 nitrogen and oxygen atoms in total. The third kappa shape index (κ3) is 3.29. The summed E-state index contributed by atoms with van der Waals surface area (Å²) in [5, 5.41) is 2.61. The van der Waals surface area contributed by atoms with Crippen molar-refractivity contribution in [1.82, 2.24) is 0 Å². The van der Waals surface area contributed by atoms with Gasteiger partial charge in [-0.25, -0.2) is 4.79 Å². The molecule has 0 aliphatic rings. The molecular formula is C12H16N2O3. The lowest BCUT2D eigenvalue weighted by Gasteiger charge is -2.12. The van der Waals surface area contributed by atoms with Gasteiger partial charge in [-0.1, -0.05) is 19.1 Å². The zero-order valence-corrected chi connectivity index (χ0v) is 9.90. The number of amides is 1. The Labute approximate surface area is 99.9 Å². The van der Waals surface area contributed by atoms with Gasteiger partial charge in [0, 0.05) is 0 Å². The van der Waals surface area contributed by atoms with Crippen molar-refractivity contribution in [3.63, 3.8) is 0 Å². The lowest BCUT2D eigenvalue weighted by atomic mass is 10.1. The lowest BCUT2D eigenvalue weighted by Crippen LogP contribution is -2.35. The Bertz CT molecular complexity index is 418. The van der Waals surface area contributed by atoms with Crippen LogP contribution >= 0.6 is 0 Å². The fraction of sp³-hybridized carbons (Fsp3) is 0.333. The summed E-state index contributed by atoms with van der Waals surface area (Å²) in [4.78, 5) is 23.1. The Morgan fingerprint density at radius 2 is 2.06 bits per heavy atom. The van der Waals surface area contributed by atoms with Crippen LogP contribution in [-0.4, -0.2) is 25.0 Å². The van der Waals surface area contributed by atoms with E-state index < -0.39 is 12.0 Å². The molecule has 0 unspecified atom stereocenters. The predicted molar refractivity (Wildman–Crippen MR) is 64.7 cm³/mol. The van der Waals surface area contributed by atoms with Crippen LogP contribution in [0.4, 0.5) is 5.69 Å². The lowest BCUT2D eigenvalue weighted by molar-refractivity contribution is -0.117. The molecular weight excluding hydrogens is 220 g/mol. The highest BCUT2D eigenvalue weighted by molar-refractivity contribution is 6.02. The number of carbonyl (C=O) groups is 2. The number of carbonyl (C=O) groups excluding carboxylic acids is 2. The van der Waals surface area contributed by atoms with E-state index in [4.69, 9.17) is 5.73 Å². The van der Waals surface area contributed by atoms with Crippen LogP contribution < -0.4 is 11.1 Å². The number of nitrogens with one attached hydrogen (secondary N) is 1. The Morgan fingerprint density at radius 1 is 1.41 bits per heavy atom. The van der Waals surface area contributed by atoms with Crippen molar-refractivity contribution in [2.75, 3.05) is 12.4 Å². The maximum atomic E-state index is 11.6. The van der Waals surface area contributed by atoms with E-state index in [1.165, 1.54) is 7.11 Å². The number of hydrogen-bond donors (Lipinski definition) is 2. The summed E-state index contributed by atoms with van der Waals surface area (Å²) < 4.78 is 4.62. The van der Waals surface area contributed by atoms with Crippen molar-refractivity contribution in [1.29, 1.82) is 0 Å². The normalized spacial score (nSPS) is 11.7. The van der Waals surface area contributed by atoms with Crippen LogP contribution in [-0.2, 0) is 9.53 Å². The van der Waals surface area contributed by atoms with Crippen molar-refractivity contribution in [2.24, 2.45) is 5.73 Å². The van der Waals surface area contributed by atoms with Crippen LogP contribution in [0.25, 0.3) is 0 Å². The number of methoxy groups -OCH3 is 1. The van der Waals surface area contributed by atoms with Gasteiger partial charge in [-0.15, -0.1) is 0 Å². The van der Waals surface area contributed by atoms with E-state index in [0.717, 1.165) is 0 Å². The maximum absolute atomic E-state index is 11.6. The first-order valence-corrected chi connectivity index (χ1v) is 5.34. The van der Waals surface area contributed by atoms with Gasteiger partial charge in [-0.05, 0) is 18.6 Å². The van der Waals surface area contributed by atoms with Crippen LogP contribution in [0.15, 0.2) is 24.3 Å². The van der Waals surface area contributed by atoms with E-state index in [1.807, 2.05) is 6.92 Å². The zero-order valence-electron chi connectivity index (χ0n) is 9.90. The monoisotopic (exact) mass is 236 g/mol. The Kier molecular flexibility index (Phi) is 4.66. The molecule has 0 aliphatic carbocycles. The third-order valence-corrected chi connectivity index (χ3v) is 2.37. The summed E-state index contributed by atoms with van der Waals surface area (Å²) in [6.45, 7) is 1.82. The van der Waals surface area contributed by atoms with Gasteiger partial charge in [-0.2, -0.15) is 0 Å². The van der Waals surface area contributed by atoms with Crippen molar-refractivity contribution in [3.8, 4) is 0 Å². The first-order chi connectivity index (χ1) is 8.10. The minimum atomic E-state index is -0.583. The van der Waals surface area contributed by atoms with E-state index in [2.05, 4.69) is 10.1 Å². The highest BCUT2D eigenvalue weighted by atomic mass is 16.5. The fourth-order valence-electron chi connectivity index (χ4n) is 1.29. The van der Waals surface area contributed by atoms with Crippen LogP contribution in [0, 0.1) is 0 Å². The topological polar surface area (TPSA) is 81.4 Å². The summed E-state index contributed by atoms with van der Waals surface area (Å²) in [7, 11) is 1.29. The molecule has 0 aliphatic heterocycles. The van der Waals surface area contributed by atoms with Crippen LogP contribution in [0.5, 0.6) is 0 Å². The van der Waals surface area contributed by atoms with Gasteiger partial charge in [0.2, 0.25) is 5.91 Å². The highest BCUT2D eigenvalue weighted by Gasteiger charge is 2.16. The molecule has 0 spiro atoms. The molecule has 1 atom stereocenters. The largest absolute Gasteiger partial charge is 0.465 e. The molecule has 0 bridgehead atoms. The van der Waals surface area contributed by atoms with Crippen LogP contribution in [0.2, 0.25) is 0 Å². The number of ether oxygens (including phenoxy) is 1.